The largest absolute Gasteiger partial charge is 0.481 e. The molecule has 0 spiro atoms. The molecular formula is C35H58O4. The molecule has 1 N–H and O–H groups in total. The highest BCUT2D eigenvalue weighted by atomic mass is 16.5. The lowest BCUT2D eigenvalue weighted by Gasteiger charge is -2.14. The summed E-state index contributed by atoms with van der Waals surface area (Å²) in [7, 11) is 0. The van der Waals surface area contributed by atoms with E-state index in [4.69, 9.17) is 9.84 Å². The molecule has 0 aromatic rings. The minimum absolute atomic E-state index is 0.122. The van der Waals surface area contributed by atoms with Gasteiger partial charge in [-0.2, -0.15) is 0 Å². The standard InChI is InChI=1S/C35H58O4/c1-3-5-7-9-11-13-15-17-19-21-23-28-32-35(38)39-33(30-26-24-27-31-34(36)37)29-25-22-20-18-16-14-12-10-8-6-4-2/h6,8,11-14,18,20,25,29,33H,3-5,7,9-10,15-17,19,21-24,26-28,30-32H2,1-2H3,(H,36,37)/b8-6-,13-11-,14-12-,20-18-,29-25-. The van der Waals surface area contributed by atoms with Crippen molar-refractivity contribution in [1.29, 1.82) is 0 Å². The Bertz CT molecular complexity index is 714. The van der Waals surface area contributed by atoms with Crippen molar-refractivity contribution in [3.63, 3.8) is 0 Å². The molecule has 0 aromatic carbocycles. The highest BCUT2D eigenvalue weighted by molar-refractivity contribution is 5.69. The summed E-state index contributed by atoms with van der Waals surface area (Å²) in [5.41, 5.74) is 0. The topological polar surface area (TPSA) is 63.6 Å². The fraction of sp³-hybridized carbons (Fsp3) is 0.657. The fourth-order valence-corrected chi connectivity index (χ4v) is 4.14. The Morgan fingerprint density at radius 2 is 1.15 bits per heavy atom. The SMILES string of the molecule is CC/C=C\C/C=C\C/C=C\C/C=C\C(CCCCCC(=O)O)OC(=O)CCCCCCC/C=C\CCCCC. The highest BCUT2D eigenvalue weighted by Gasteiger charge is 2.11. The molecule has 0 aromatic heterocycles. The predicted octanol–water partition coefficient (Wildman–Crippen LogP) is 10.6. The van der Waals surface area contributed by atoms with E-state index in [9.17, 15) is 9.59 Å². The van der Waals surface area contributed by atoms with E-state index < -0.39 is 5.97 Å². The van der Waals surface area contributed by atoms with Crippen molar-refractivity contribution in [2.75, 3.05) is 0 Å². The highest BCUT2D eigenvalue weighted by Crippen LogP contribution is 2.14. The molecule has 0 heterocycles. The van der Waals surface area contributed by atoms with Crippen molar-refractivity contribution in [3.8, 4) is 0 Å². The van der Waals surface area contributed by atoms with E-state index in [1.54, 1.807) is 0 Å². The van der Waals surface area contributed by atoms with Crippen molar-refractivity contribution in [1.82, 2.24) is 0 Å². The van der Waals surface area contributed by atoms with Crippen molar-refractivity contribution in [3.05, 3.63) is 60.8 Å². The van der Waals surface area contributed by atoms with Crippen LogP contribution in [0.25, 0.3) is 0 Å². The number of esters is 1. The fourth-order valence-electron chi connectivity index (χ4n) is 4.14. The van der Waals surface area contributed by atoms with Gasteiger partial charge in [0.1, 0.15) is 6.10 Å². The van der Waals surface area contributed by atoms with Gasteiger partial charge < -0.3 is 9.84 Å². The molecule has 0 saturated carbocycles. The monoisotopic (exact) mass is 542 g/mol. The molecular weight excluding hydrogens is 484 g/mol. The third kappa shape index (κ3) is 30.0. The Labute approximate surface area is 240 Å². The number of hydrogen-bond acceptors (Lipinski definition) is 3. The summed E-state index contributed by atoms with van der Waals surface area (Å²) in [5, 5.41) is 8.82. The maximum absolute atomic E-state index is 12.4. The Hall–Kier alpha value is -2.36. The number of rotatable bonds is 27. The van der Waals surface area contributed by atoms with Gasteiger partial charge in [0.05, 0.1) is 0 Å². The average molecular weight is 543 g/mol. The van der Waals surface area contributed by atoms with Crippen LogP contribution in [0.4, 0.5) is 0 Å². The van der Waals surface area contributed by atoms with Crippen LogP contribution < -0.4 is 0 Å². The number of carboxylic acid groups (broad SMARTS) is 1. The van der Waals surface area contributed by atoms with Crippen LogP contribution in [-0.2, 0) is 14.3 Å². The number of allylic oxidation sites excluding steroid dienone is 9. The van der Waals surface area contributed by atoms with E-state index in [2.05, 4.69) is 68.5 Å². The summed E-state index contributed by atoms with van der Waals surface area (Å²) in [6.07, 6.45) is 40.9. The van der Waals surface area contributed by atoms with E-state index in [0.29, 0.717) is 12.8 Å². The van der Waals surface area contributed by atoms with Gasteiger partial charge in [-0.15, -0.1) is 0 Å². The summed E-state index contributed by atoms with van der Waals surface area (Å²) in [5.74, 6) is -0.876. The first kappa shape index (κ1) is 36.6. The normalized spacial score (nSPS) is 13.1. The predicted molar refractivity (Wildman–Crippen MR) is 167 cm³/mol. The van der Waals surface area contributed by atoms with Crippen LogP contribution in [0, 0.1) is 0 Å². The number of ether oxygens (including phenoxy) is 1. The minimum Gasteiger partial charge on any atom is -0.481 e. The van der Waals surface area contributed by atoms with Gasteiger partial charge >= 0.3 is 11.9 Å². The quantitative estimate of drug-likeness (QED) is 0.0637. The second-order valence-corrected chi connectivity index (χ2v) is 10.3. The van der Waals surface area contributed by atoms with Crippen LogP contribution in [0.3, 0.4) is 0 Å². The Morgan fingerprint density at radius 3 is 1.79 bits per heavy atom. The maximum Gasteiger partial charge on any atom is 0.306 e. The summed E-state index contributed by atoms with van der Waals surface area (Å²) >= 11 is 0. The van der Waals surface area contributed by atoms with Crippen LogP contribution in [0.15, 0.2) is 60.8 Å². The first-order valence-corrected chi connectivity index (χ1v) is 15.8. The van der Waals surface area contributed by atoms with Gasteiger partial charge in [0.25, 0.3) is 0 Å². The number of carboxylic acids is 1. The zero-order chi connectivity index (χ0) is 28.7. The molecule has 0 saturated heterocycles. The van der Waals surface area contributed by atoms with Gasteiger partial charge in [0, 0.05) is 12.8 Å². The molecule has 0 aliphatic carbocycles. The summed E-state index contributed by atoms with van der Waals surface area (Å²) in [6.45, 7) is 4.38. The van der Waals surface area contributed by atoms with Gasteiger partial charge in [0.2, 0.25) is 0 Å². The first-order valence-electron chi connectivity index (χ1n) is 15.8. The lowest BCUT2D eigenvalue weighted by atomic mass is 10.1. The molecule has 4 heteroatoms. The van der Waals surface area contributed by atoms with E-state index in [-0.39, 0.29) is 18.5 Å². The van der Waals surface area contributed by atoms with Crippen molar-refractivity contribution >= 4 is 11.9 Å². The molecule has 1 atom stereocenters. The summed E-state index contributed by atoms with van der Waals surface area (Å²) in [4.78, 5) is 23.2. The molecule has 0 amide bonds. The van der Waals surface area contributed by atoms with Gasteiger partial charge in [-0.3, -0.25) is 9.59 Å². The second kappa shape index (κ2) is 30.2. The van der Waals surface area contributed by atoms with Gasteiger partial charge in [-0.1, -0.05) is 107 Å². The number of unbranched alkanes of at least 4 members (excludes halogenated alkanes) is 10. The lowest BCUT2D eigenvalue weighted by Crippen LogP contribution is -2.16. The molecule has 0 rings (SSSR count). The van der Waals surface area contributed by atoms with E-state index in [1.165, 1.54) is 44.9 Å². The lowest BCUT2D eigenvalue weighted by molar-refractivity contribution is -0.147. The molecule has 0 radical (unpaired) electrons. The second-order valence-electron chi connectivity index (χ2n) is 10.3. The molecule has 0 bridgehead atoms. The Morgan fingerprint density at radius 1 is 0.615 bits per heavy atom. The first-order chi connectivity index (χ1) is 19.1. The van der Waals surface area contributed by atoms with Gasteiger partial charge in [-0.25, -0.2) is 0 Å². The van der Waals surface area contributed by atoms with Crippen LogP contribution >= 0.6 is 0 Å². The van der Waals surface area contributed by atoms with E-state index >= 15 is 0 Å². The number of hydrogen-bond donors (Lipinski definition) is 1. The molecule has 4 nitrogen and oxygen atoms in total. The molecule has 1 unspecified atom stereocenters. The van der Waals surface area contributed by atoms with Crippen LogP contribution in [-0.4, -0.2) is 23.1 Å². The maximum atomic E-state index is 12.4. The minimum atomic E-state index is -0.754. The van der Waals surface area contributed by atoms with Crippen molar-refractivity contribution in [2.24, 2.45) is 0 Å². The molecule has 222 valence electrons. The van der Waals surface area contributed by atoms with E-state index in [0.717, 1.165) is 64.2 Å². The van der Waals surface area contributed by atoms with Crippen LogP contribution in [0.2, 0.25) is 0 Å². The Balaban J connectivity index is 4.24. The van der Waals surface area contributed by atoms with E-state index in [1.807, 2.05) is 6.08 Å². The average Bonchev–Trinajstić information content (AvgIpc) is 2.91. The van der Waals surface area contributed by atoms with Crippen LogP contribution in [0.1, 0.15) is 142 Å². The molecule has 0 aliphatic rings. The smallest absolute Gasteiger partial charge is 0.306 e. The zero-order valence-corrected chi connectivity index (χ0v) is 25.2. The molecule has 0 fully saturated rings. The number of carbonyl (C=O) groups excluding carboxylic acids is 1. The molecule has 0 aliphatic heterocycles. The molecule has 39 heavy (non-hydrogen) atoms. The van der Waals surface area contributed by atoms with Crippen molar-refractivity contribution < 1.29 is 19.4 Å². The summed E-state index contributed by atoms with van der Waals surface area (Å²) < 4.78 is 5.78. The van der Waals surface area contributed by atoms with Crippen LogP contribution in [0.5, 0.6) is 0 Å². The summed E-state index contributed by atoms with van der Waals surface area (Å²) in [6, 6.07) is 0. The van der Waals surface area contributed by atoms with Gasteiger partial charge in [-0.05, 0) is 83.1 Å². The van der Waals surface area contributed by atoms with Gasteiger partial charge in [0.15, 0.2) is 0 Å². The zero-order valence-electron chi connectivity index (χ0n) is 25.2. The van der Waals surface area contributed by atoms with Crippen molar-refractivity contribution in [2.45, 2.75) is 148 Å². The number of aliphatic carboxylic acids is 1. The number of carbonyl (C=O) groups is 2. The Kier molecular flexibility index (Phi) is 28.4. The third-order valence-electron chi connectivity index (χ3n) is 6.46. The third-order valence-corrected chi connectivity index (χ3v) is 6.46.